The third kappa shape index (κ3) is 5.31. The lowest BCUT2D eigenvalue weighted by molar-refractivity contribution is -0.120. The van der Waals surface area contributed by atoms with Crippen molar-refractivity contribution in [3.8, 4) is 0 Å². The Morgan fingerprint density at radius 1 is 1.38 bits per heavy atom. The summed E-state index contributed by atoms with van der Waals surface area (Å²) >= 11 is 0. The van der Waals surface area contributed by atoms with Crippen LogP contribution in [0.15, 0.2) is 18.2 Å². The van der Waals surface area contributed by atoms with Gasteiger partial charge in [0.25, 0.3) is 0 Å². The van der Waals surface area contributed by atoms with E-state index in [-0.39, 0.29) is 30.0 Å². The van der Waals surface area contributed by atoms with E-state index in [0.29, 0.717) is 5.69 Å². The number of rotatable bonds is 6. The summed E-state index contributed by atoms with van der Waals surface area (Å²) in [6.45, 7) is 3.94. The van der Waals surface area contributed by atoms with Gasteiger partial charge in [0.05, 0.1) is 17.9 Å². The molecule has 8 heteroatoms. The molecule has 1 atom stereocenters. The SMILES string of the molecule is CC(C)C(CN)C(=O)Nc1ccc(F)c(NS(C)(=O)=O)c1. The second-order valence-corrected chi connectivity index (χ2v) is 6.89. The molecule has 0 saturated heterocycles. The maximum Gasteiger partial charge on any atom is 0.229 e. The lowest BCUT2D eigenvalue weighted by Crippen LogP contribution is -2.33. The van der Waals surface area contributed by atoms with Gasteiger partial charge in [-0.3, -0.25) is 9.52 Å². The average molecular weight is 317 g/mol. The van der Waals surface area contributed by atoms with Crippen LogP contribution in [0.3, 0.4) is 0 Å². The number of sulfonamides is 1. The Bertz CT molecular complexity index is 617. The number of halogens is 1. The fraction of sp³-hybridized carbons (Fsp3) is 0.462. The lowest BCUT2D eigenvalue weighted by atomic mass is 9.95. The highest BCUT2D eigenvalue weighted by Crippen LogP contribution is 2.21. The molecule has 21 heavy (non-hydrogen) atoms. The summed E-state index contributed by atoms with van der Waals surface area (Å²) in [6, 6.07) is 3.66. The molecular weight excluding hydrogens is 297 g/mol. The van der Waals surface area contributed by atoms with Crippen LogP contribution in [0, 0.1) is 17.7 Å². The highest BCUT2D eigenvalue weighted by atomic mass is 32.2. The van der Waals surface area contributed by atoms with Crippen molar-refractivity contribution in [1.82, 2.24) is 0 Å². The lowest BCUT2D eigenvalue weighted by Gasteiger charge is -2.18. The molecule has 0 aliphatic heterocycles. The first-order valence-corrected chi connectivity index (χ1v) is 8.31. The Kier molecular flexibility index (Phi) is 5.68. The molecule has 118 valence electrons. The number of benzene rings is 1. The van der Waals surface area contributed by atoms with Crippen molar-refractivity contribution in [2.75, 3.05) is 22.8 Å². The number of hydrogen-bond acceptors (Lipinski definition) is 4. The Labute approximate surface area is 124 Å². The van der Waals surface area contributed by atoms with Gasteiger partial charge in [0.1, 0.15) is 5.82 Å². The van der Waals surface area contributed by atoms with Crippen molar-refractivity contribution >= 4 is 27.3 Å². The van der Waals surface area contributed by atoms with Crippen LogP contribution in [0.2, 0.25) is 0 Å². The smallest absolute Gasteiger partial charge is 0.229 e. The van der Waals surface area contributed by atoms with Crippen LogP contribution in [0.4, 0.5) is 15.8 Å². The Morgan fingerprint density at radius 3 is 2.48 bits per heavy atom. The molecule has 0 fully saturated rings. The van der Waals surface area contributed by atoms with Gasteiger partial charge in [-0.25, -0.2) is 12.8 Å². The predicted octanol–water partition coefficient (Wildman–Crippen LogP) is 1.37. The molecule has 0 aromatic heterocycles. The predicted molar refractivity (Wildman–Crippen MR) is 80.9 cm³/mol. The number of amides is 1. The summed E-state index contributed by atoms with van der Waals surface area (Å²) in [5.41, 5.74) is 5.63. The molecule has 0 saturated carbocycles. The third-order valence-corrected chi connectivity index (χ3v) is 3.52. The van der Waals surface area contributed by atoms with E-state index in [4.69, 9.17) is 5.73 Å². The van der Waals surface area contributed by atoms with Crippen molar-refractivity contribution in [3.05, 3.63) is 24.0 Å². The second kappa shape index (κ2) is 6.86. The first kappa shape index (κ1) is 17.4. The first-order valence-electron chi connectivity index (χ1n) is 6.42. The molecule has 0 spiro atoms. The number of hydrogen-bond donors (Lipinski definition) is 3. The summed E-state index contributed by atoms with van der Waals surface area (Å²) in [7, 11) is -3.60. The van der Waals surface area contributed by atoms with Gasteiger partial charge in [-0.1, -0.05) is 13.8 Å². The van der Waals surface area contributed by atoms with Gasteiger partial charge < -0.3 is 11.1 Å². The number of carbonyl (C=O) groups is 1. The molecule has 1 aromatic carbocycles. The van der Waals surface area contributed by atoms with E-state index in [0.717, 1.165) is 12.3 Å². The van der Waals surface area contributed by atoms with Crippen molar-refractivity contribution in [2.45, 2.75) is 13.8 Å². The van der Waals surface area contributed by atoms with Crippen molar-refractivity contribution in [2.24, 2.45) is 17.6 Å². The monoisotopic (exact) mass is 317 g/mol. The molecule has 1 rings (SSSR count). The van der Waals surface area contributed by atoms with Crippen LogP contribution >= 0.6 is 0 Å². The molecule has 0 aliphatic rings. The molecule has 1 unspecified atom stereocenters. The summed E-state index contributed by atoms with van der Waals surface area (Å²) < 4.78 is 37.9. The molecule has 1 aromatic rings. The van der Waals surface area contributed by atoms with E-state index in [1.807, 2.05) is 13.8 Å². The quantitative estimate of drug-likeness (QED) is 0.737. The normalized spacial score (nSPS) is 13.0. The minimum Gasteiger partial charge on any atom is -0.330 e. The van der Waals surface area contributed by atoms with E-state index >= 15 is 0 Å². The second-order valence-electron chi connectivity index (χ2n) is 5.14. The van der Waals surface area contributed by atoms with Gasteiger partial charge in [0, 0.05) is 12.2 Å². The topological polar surface area (TPSA) is 101 Å². The third-order valence-electron chi connectivity index (χ3n) is 2.92. The van der Waals surface area contributed by atoms with Crippen LogP contribution in [0.25, 0.3) is 0 Å². The minimum atomic E-state index is -3.60. The molecular formula is C13H20FN3O3S. The van der Waals surface area contributed by atoms with Crippen LogP contribution in [0.5, 0.6) is 0 Å². The fourth-order valence-corrected chi connectivity index (χ4v) is 2.35. The summed E-state index contributed by atoms with van der Waals surface area (Å²) in [5.74, 6) is -1.33. The van der Waals surface area contributed by atoms with Crippen LogP contribution in [-0.2, 0) is 14.8 Å². The summed E-state index contributed by atoms with van der Waals surface area (Å²) in [6.07, 6.45) is 0.918. The van der Waals surface area contributed by atoms with Gasteiger partial charge in [-0.2, -0.15) is 0 Å². The van der Waals surface area contributed by atoms with Gasteiger partial charge in [0.2, 0.25) is 15.9 Å². The molecule has 6 nitrogen and oxygen atoms in total. The zero-order valence-corrected chi connectivity index (χ0v) is 13.0. The van der Waals surface area contributed by atoms with E-state index in [1.54, 1.807) is 0 Å². The van der Waals surface area contributed by atoms with Crippen molar-refractivity contribution in [3.63, 3.8) is 0 Å². The number of carbonyl (C=O) groups excluding carboxylic acids is 1. The van der Waals surface area contributed by atoms with Gasteiger partial charge in [-0.05, 0) is 24.1 Å². The van der Waals surface area contributed by atoms with E-state index in [2.05, 4.69) is 10.0 Å². The van der Waals surface area contributed by atoms with Gasteiger partial charge in [0.15, 0.2) is 0 Å². The van der Waals surface area contributed by atoms with Crippen LogP contribution in [-0.4, -0.2) is 27.1 Å². The fourth-order valence-electron chi connectivity index (χ4n) is 1.80. The maximum absolute atomic E-state index is 13.5. The number of anilines is 2. The Balaban J connectivity index is 2.95. The van der Waals surface area contributed by atoms with E-state index < -0.39 is 15.8 Å². The summed E-state index contributed by atoms with van der Waals surface area (Å²) in [4.78, 5) is 12.0. The maximum atomic E-state index is 13.5. The Morgan fingerprint density at radius 2 is 2.00 bits per heavy atom. The van der Waals surface area contributed by atoms with Crippen molar-refractivity contribution < 1.29 is 17.6 Å². The van der Waals surface area contributed by atoms with E-state index in [1.165, 1.54) is 12.1 Å². The largest absolute Gasteiger partial charge is 0.330 e. The molecule has 0 bridgehead atoms. The summed E-state index contributed by atoms with van der Waals surface area (Å²) in [5, 5.41) is 2.61. The zero-order valence-electron chi connectivity index (χ0n) is 12.2. The number of nitrogens with two attached hydrogens (primary N) is 1. The number of nitrogens with one attached hydrogen (secondary N) is 2. The van der Waals surface area contributed by atoms with Crippen LogP contribution < -0.4 is 15.8 Å². The highest BCUT2D eigenvalue weighted by Gasteiger charge is 2.21. The molecule has 0 heterocycles. The molecule has 4 N–H and O–H groups in total. The molecule has 0 aliphatic carbocycles. The standard InChI is InChI=1S/C13H20FN3O3S/c1-8(2)10(7-15)13(18)16-9-4-5-11(14)12(6-9)17-21(3,19)20/h4-6,8,10,17H,7,15H2,1-3H3,(H,16,18). The molecule has 0 radical (unpaired) electrons. The van der Waals surface area contributed by atoms with E-state index in [9.17, 15) is 17.6 Å². The van der Waals surface area contributed by atoms with Gasteiger partial charge in [-0.15, -0.1) is 0 Å². The first-order chi connectivity index (χ1) is 9.64. The zero-order chi connectivity index (χ0) is 16.2. The highest BCUT2D eigenvalue weighted by molar-refractivity contribution is 7.92. The minimum absolute atomic E-state index is 0.0593. The van der Waals surface area contributed by atoms with Gasteiger partial charge >= 0.3 is 0 Å². The average Bonchev–Trinajstić information content (AvgIpc) is 2.32. The van der Waals surface area contributed by atoms with Crippen molar-refractivity contribution in [1.29, 1.82) is 0 Å². The van der Waals surface area contributed by atoms with Crippen LogP contribution in [0.1, 0.15) is 13.8 Å². The molecule has 1 amide bonds. The Hall–Kier alpha value is -1.67.